The van der Waals surface area contributed by atoms with E-state index >= 15 is 0 Å². The molecule has 1 aromatic carbocycles. The molecule has 0 spiro atoms. The van der Waals surface area contributed by atoms with Crippen molar-refractivity contribution in [3.63, 3.8) is 0 Å². The van der Waals surface area contributed by atoms with Crippen LogP contribution in [-0.2, 0) is 4.79 Å². The van der Waals surface area contributed by atoms with E-state index in [0.29, 0.717) is 5.69 Å². The summed E-state index contributed by atoms with van der Waals surface area (Å²) in [4.78, 5) is 11.7. The molecular formula is C12H12FN3O. The van der Waals surface area contributed by atoms with Crippen LogP contribution in [0.2, 0.25) is 0 Å². The lowest BCUT2D eigenvalue weighted by Gasteiger charge is -2.11. The van der Waals surface area contributed by atoms with Crippen molar-refractivity contribution in [3.8, 4) is 6.07 Å². The molecule has 1 aliphatic heterocycles. The van der Waals surface area contributed by atoms with Gasteiger partial charge >= 0.3 is 0 Å². The van der Waals surface area contributed by atoms with Crippen LogP contribution < -0.4 is 10.6 Å². The van der Waals surface area contributed by atoms with E-state index in [4.69, 9.17) is 5.26 Å². The van der Waals surface area contributed by atoms with Crippen LogP contribution in [0.1, 0.15) is 18.4 Å². The molecule has 1 atom stereocenters. The molecule has 0 saturated carbocycles. The van der Waals surface area contributed by atoms with Gasteiger partial charge in [0.2, 0.25) is 5.91 Å². The van der Waals surface area contributed by atoms with Crippen LogP contribution in [0, 0.1) is 17.1 Å². The van der Waals surface area contributed by atoms with Crippen molar-refractivity contribution < 1.29 is 9.18 Å². The minimum Gasteiger partial charge on any atom is -0.325 e. The fourth-order valence-corrected chi connectivity index (χ4v) is 1.83. The van der Waals surface area contributed by atoms with E-state index in [-0.39, 0.29) is 17.5 Å². The number of benzene rings is 1. The molecule has 4 nitrogen and oxygen atoms in total. The Bertz CT molecular complexity index is 475. The topological polar surface area (TPSA) is 64.9 Å². The number of halogens is 1. The highest BCUT2D eigenvalue weighted by Gasteiger charge is 2.21. The summed E-state index contributed by atoms with van der Waals surface area (Å²) in [5, 5.41) is 14.4. The molecule has 1 saturated heterocycles. The van der Waals surface area contributed by atoms with E-state index in [1.165, 1.54) is 18.2 Å². The van der Waals surface area contributed by atoms with Crippen LogP contribution in [0.5, 0.6) is 0 Å². The minimum atomic E-state index is -0.579. The number of amides is 1. The highest BCUT2D eigenvalue weighted by molar-refractivity contribution is 5.95. The van der Waals surface area contributed by atoms with Gasteiger partial charge in [-0.2, -0.15) is 5.26 Å². The van der Waals surface area contributed by atoms with Crippen molar-refractivity contribution in [3.05, 3.63) is 29.6 Å². The van der Waals surface area contributed by atoms with Crippen molar-refractivity contribution in [1.82, 2.24) is 5.32 Å². The molecule has 5 heteroatoms. The Morgan fingerprint density at radius 3 is 3.06 bits per heavy atom. The number of nitrogens with one attached hydrogen (secondary N) is 2. The zero-order valence-corrected chi connectivity index (χ0v) is 9.16. The Morgan fingerprint density at radius 2 is 2.41 bits per heavy atom. The van der Waals surface area contributed by atoms with E-state index in [9.17, 15) is 9.18 Å². The molecule has 2 rings (SSSR count). The summed E-state index contributed by atoms with van der Waals surface area (Å²) in [6, 6.07) is 5.51. The van der Waals surface area contributed by atoms with Gasteiger partial charge in [-0.3, -0.25) is 4.79 Å². The Kier molecular flexibility index (Phi) is 3.35. The lowest BCUT2D eigenvalue weighted by atomic mass is 10.2. The molecule has 2 N–H and O–H groups in total. The van der Waals surface area contributed by atoms with Crippen LogP contribution in [0.4, 0.5) is 10.1 Å². The lowest BCUT2D eigenvalue weighted by Crippen LogP contribution is -2.35. The third-order valence-electron chi connectivity index (χ3n) is 2.73. The fraction of sp³-hybridized carbons (Fsp3) is 0.333. The zero-order valence-electron chi connectivity index (χ0n) is 9.16. The van der Waals surface area contributed by atoms with E-state index in [1.807, 2.05) is 0 Å². The molecule has 0 aliphatic carbocycles. The van der Waals surface area contributed by atoms with Crippen molar-refractivity contribution in [2.75, 3.05) is 11.9 Å². The van der Waals surface area contributed by atoms with Gasteiger partial charge in [0.15, 0.2) is 0 Å². The Balaban J connectivity index is 2.08. The van der Waals surface area contributed by atoms with Gasteiger partial charge in [-0.25, -0.2) is 4.39 Å². The summed E-state index contributed by atoms with van der Waals surface area (Å²) in [5.41, 5.74) is 0.379. The van der Waals surface area contributed by atoms with Crippen LogP contribution in [0.15, 0.2) is 18.2 Å². The quantitative estimate of drug-likeness (QED) is 0.811. The second kappa shape index (κ2) is 4.93. The number of nitriles is 1. The number of nitrogens with zero attached hydrogens (tertiary/aromatic N) is 1. The van der Waals surface area contributed by atoms with Crippen LogP contribution in [0.3, 0.4) is 0 Å². The van der Waals surface area contributed by atoms with Gasteiger partial charge in [0.1, 0.15) is 11.9 Å². The monoisotopic (exact) mass is 233 g/mol. The number of hydrogen-bond donors (Lipinski definition) is 2. The van der Waals surface area contributed by atoms with Gasteiger partial charge < -0.3 is 10.6 Å². The highest BCUT2D eigenvalue weighted by atomic mass is 19.1. The number of carbonyl (C=O) groups excluding carboxylic acids is 1. The van der Waals surface area contributed by atoms with Crippen LogP contribution in [0.25, 0.3) is 0 Å². The third-order valence-corrected chi connectivity index (χ3v) is 2.73. The maximum Gasteiger partial charge on any atom is 0.241 e. The summed E-state index contributed by atoms with van der Waals surface area (Å²) in [5.74, 6) is -0.720. The highest BCUT2D eigenvalue weighted by Crippen LogP contribution is 2.15. The smallest absolute Gasteiger partial charge is 0.241 e. The van der Waals surface area contributed by atoms with E-state index < -0.39 is 5.82 Å². The number of carbonyl (C=O) groups is 1. The average molecular weight is 233 g/mol. The fourth-order valence-electron chi connectivity index (χ4n) is 1.83. The minimum absolute atomic E-state index is 0.0674. The van der Waals surface area contributed by atoms with Crippen molar-refractivity contribution in [2.45, 2.75) is 18.9 Å². The van der Waals surface area contributed by atoms with Gasteiger partial charge in [-0.15, -0.1) is 0 Å². The summed E-state index contributed by atoms with van der Waals surface area (Å²) < 4.78 is 13.1. The van der Waals surface area contributed by atoms with Gasteiger partial charge in [0, 0.05) is 5.69 Å². The Hall–Kier alpha value is -1.93. The molecule has 88 valence electrons. The molecular weight excluding hydrogens is 221 g/mol. The molecule has 1 aromatic rings. The van der Waals surface area contributed by atoms with Gasteiger partial charge in [-0.05, 0) is 37.6 Å². The largest absolute Gasteiger partial charge is 0.325 e. The molecule has 1 heterocycles. The number of hydrogen-bond acceptors (Lipinski definition) is 3. The van der Waals surface area contributed by atoms with E-state index in [2.05, 4.69) is 10.6 Å². The first-order valence-electron chi connectivity index (χ1n) is 5.44. The van der Waals surface area contributed by atoms with Gasteiger partial charge in [0.05, 0.1) is 11.6 Å². The molecule has 1 amide bonds. The Labute approximate surface area is 98.4 Å². The summed E-state index contributed by atoms with van der Waals surface area (Å²) in [6.07, 6.45) is 1.78. The molecule has 0 radical (unpaired) electrons. The molecule has 0 unspecified atom stereocenters. The molecule has 1 fully saturated rings. The maximum atomic E-state index is 13.1. The summed E-state index contributed by atoms with van der Waals surface area (Å²) in [7, 11) is 0. The van der Waals surface area contributed by atoms with Crippen molar-refractivity contribution in [1.29, 1.82) is 5.26 Å². The van der Waals surface area contributed by atoms with Gasteiger partial charge in [-0.1, -0.05) is 0 Å². The third kappa shape index (κ3) is 2.60. The Morgan fingerprint density at radius 1 is 1.59 bits per heavy atom. The first-order chi connectivity index (χ1) is 8.20. The first kappa shape index (κ1) is 11.6. The summed E-state index contributed by atoms with van der Waals surface area (Å²) >= 11 is 0. The van der Waals surface area contributed by atoms with Crippen LogP contribution >= 0.6 is 0 Å². The second-order valence-corrected chi connectivity index (χ2v) is 3.94. The predicted octanol–water partition coefficient (Wildman–Crippen LogP) is 1.39. The van der Waals surface area contributed by atoms with Gasteiger partial charge in [0.25, 0.3) is 0 Å². The van der Waals surface area contributed by atoms with Crippen molar-refractivity contribution >= 4 is 11.6 Å². The molecule has 0 bridgehead atoms. The molecule has 0 aromatic heterocycles. The SMILES string of the molecule is N#Cc1cc(NC(=O)[C@H]2CCCN2)ccc1F. The normalized spacial score (nSPS) is 18.7. The maximum absolute atomic E-state index is 13.1. The lowest BCUT2D eigenvalue weighted by molar-refractivity contribution is -0.117. The second-order valence-electron chi connectivity index (χ2n) is 3.94. The van der Waals surface area contributed by atoms with E-state index in [1.54, 1.807) is 6.07 Å². The summed E-state index contributed by atoms with van der Waals surface area (Å²) in [6.45, 7) is 0.838. The number of rotatable bonds is 2. The zero-order chi connectivity index (χ0) is 12.3. The first-order valence-corrected chi connectivity index (χ1v) is 5.44. The molecule has 1 aliphatic rings. The average Bonchev–Trinajstić information content (AvgIpc) is 2.85. The van der Waals surface area contributed by atoms with Crippen molar-refractivity contribution in [2.24, 2.45) is 0 Å². The predicted molar refractivity (Wildman–Crippen MR) is 60.8 cm³/mol. The van der Waals surface area contributed by atoms with Crippen LogP contribution in [-0.4, -0.2) is 18.5 Å². The number of anilines is 1. The molecule has 17 heavy (non-hydrogen) atoms. The van der Waals surface area contributed by atoms with E-state index in [0.717, 1.165) is 19.4 Å². The standard InChI is InChI=1S/C12H12FN3O/c13-10-4-3-9(6-8(10)7-14)16-12(17)11-2-1-5-15-11/h3-4,6,11,15H,1-2,5H2,(H,16,17)/t11-/m1/s1.